The number of nitrogens with one attached hydrogen (secondary N) is 1. The minimum absolute atomic E-state index is 0.0376. The zero-order valence-electron chi connectivity index (χ0n) is 14.3. The molecule has 1 atom stereocenters. The van der Waals surface area contributed by atoms with Gasteiger partial charge in [0.25, 0.3) is 0 Å². The maximum atomic E-state index is 12.5. The highest BCUT2D eigenvalue weighted by Gasteiger charge is 2.17. The fourth-order valence-electron chi connectivity index (χ4n) is 2.50. The Hall–Kier alpha value is -2.86. The van der Waals surface area contributed by atoms with Crippen LogP contribution in [0.25, 0.3) is 0 Å². The maximum absolute atomic E-state index is 12.5. The van der Waals surface area contributed by atoms with Crippen molar-refractivity contribution in [3.05, 3.63) is 84.4 Å². The summed E-state index contributed by atoms with van der Waals surface area (Å²) < 4.78 is 5.22. The van der Waals surface area contributed by atoms with E-state index >= 15 is 0 Å². The maximum Gasteiger partial charge on any atom is 0.231 e. The van der Waals surface area contributed by atoms with Crippen molar-refractivity contribution in [1.29, 1.82) is 0 Å². The molecule has 2 heterocycles. The molecule has 3 rings (SSSR count). The summed E-state index contributed by atoms with van der Waals surface area (Å²) in [4.78, 5) is 21.6. The Bertz CT molecular complexity index is 827. The van der Waals surface area contributed by atoms with Gasteiger partial charge in [0.1, 0.15) is 5.75 Å². The lowest BCUT2D eigenvalue weighted by Crippen LogP contribution is -2.30. The van der Waals surface area contributed by atoms with Gasteiger partial charge in [-0.1, -0.05) is 12.1 Å². The normalized spacial score (nSPS) is 11.6. The van der Waals surface area contributed by atoms with Crippen molar-refractivity contribution in [3.8, 4) is 5.75 Å². The Morgan fingerprint density at radius 2 is 1.54 bits per heavy atom. The summed E-state index contributed by atoms with van der Waals surface area (Å²) in [5.74, 6) is 1.08. The second kappa shape index (κ2) is 9.01. The number of hydrogen-bond donors (Lipinski definition) is 1. The van der Waals surface area contributed by atoms with Crippen molar-refractivity contribution in [2.75, 3.05) is 12.9 Å². The third kappa shape index (κ3) is 4.83. The Labute approximate surface area is 156 Å². The van der Waals surface area contributed by atoms with Gasteiger partial charge in [0.2, 0.25) is 5.91 Å². The first-order valence-electron chi connectivity index (χ1n) is 8.12. The first kappa shape index (κ1) is 17.9. The summed E-state index contributed by atoms with van der Waals surface area (Å²) >= 11 is 1.48. The van der Waals surface area contributed by atoms with Gasteiger partial charge in [-0.2, -0.15) is 0 Å². The first-order chi connectivity index (χ1) is 12.8. The van der Waals surface area contributed by atoms with Crippen LogP contribution in [0, 0.1) is 0 Å². The van der Waals surface area contributed by atoms with Gasteiger partial charge in [-0.3, -0.25) is 14.8 Å². The van der Waals surface area contributed by atoms with Crippen molar-refractivity contribution in [2.24, 2.45) is 0 Å². The van der Waals surface area contributed by atoms with E-state index in [0.717, 1.165) is 21.8 Å². The zero-order valence-corrected chi connectivity index (χ0v) is 15.1. The third-order valence-corrected chi connectivity index (χ3v) is 4.83. The minimum atomic E-state index is -0.241. The summed E-state index contributed by atoms with van der Waals surface area (Å²) in [5, 5.41) is 3.11. The molecular formula is C20H19N3O2S. The lowest BCUT2D eigenvalue weighted by Gasteiger charge is -2.20. The van der Waals surface area contributed by atoms with Crippen molar-refractivity contribution in [2.45, 2.75) is 10.9 Å². The number of carbonyl (C=O) groups excluding carboxylic acids is 1. The van der Waals surface area contributed by atoms with E-state index in [1.54, 1.807) is 31.9 Å². The standard InChI is InChI=1S/C20H19N3O2S/c1-25-17-4-2-15(3-5-17)20(16-6-10-21-11-7-16)23-19(24)14-26-18-8-12-22-13-9-18/h2-13,20H,14H2,1H3,(H,23,24)/t20-/m0/s1. The summed E-state index contributed by atoms with van der Waals surface area (Å²) in [5.41, 5.74) is 1.96. The molecule has 5 nitrogen and oxygen atoms in total. The number of aromatic nitrogens is 2. The molecule has 6 heteroatoms. The van der Waals surface area contributed by atoms with Gasteiger partial charge in [-0.25, -0.2) is 0 Å². The fraction of sp³-hybridized carbons (Fsp3) is 0.150. The van der Waals surface area contributed by atoms with Crippen molar-refractivity contribution < 1.29 is 9.53 Å². The average molecular weight is 365 g/mol. The Morgan fingerprint density at radius 1 is 0.962 bits per heavy atom. The number of methoxy groups -OCH3 is 1. The second-order valence-electron chi connectivity index (χ2n) is 5.53. The molecule has 1 aromatic carbocycles. The second-order valence-corrected chi connectivity index (χ2v) is 6.57. The number of amides is 1. The predicted octanol–water partition coefficient (Wildman–Crippen LogP) is 3.48. The van der Waals surface area contributed by atoms with Gasteiger partial charge in [-0.15, -0.1) is 11.8 Å². The quantitative estimate of drug-likeness (QED) is 0.650. The van der Waals surface area contributed by atoms with Crippen molar-refractivity contribution >= 4 is 17.7 Å². The van der Waals surface area contributed by atoms with Gasteiger partial charge < -0.3 is 10.1 Å². The molecule has 2 aromatic heterocycles. The smallest absolute Gasteiger partial charge is 0.231 e. The molecule has 1 amide bonds. The van der Waals surface area contributed by atoms with E-state index in [1.807, 2.05) is 48.5 Å². The molecule has 0 aliphatic heterocycles. The van der Waals surface area contributed by atoms with Crippen LogP contribution < -0.4 is 10.1 Å². The molecular weight excluding hydrogens is 346 g/mol. The van der Waals surface area contributed by atoms with Crippen LogP contribution >= 0.6 is 11.8 Å². The Morgan fingerprint density at radius 3 is 2.15 bits per heavy atom. The molecule has 0 radical (unpaired) electrons. The highest BCUT2D eigenvalue weighted by atomic mass is 32.2. The molecule has 0 unspecified atom stereocenters. The van der Waals surface area contributed by atoms with Crippen LogP contribution in [0.4, 0.5) is 0 Å². The number of benzene rings is 1. The summed E-state index contributed by atoms with van der Waals surface area (Å²) in [6.07, 6.45) is 6.89. The van der Waals surface area contributed by atoms with E-state index in [1.165, 1.54) is 11.8 Å². The molecule has 132 valence electrons. The number of pyridine rings is 2. The molecule has 0 aliphatic carbocycles. The Kier molecular flexibility index (Phi) is 6.22. The Balaban J connectivity index is 1.74. The number of thioether (sulfide) groups is 1. The first-order valence-corrected chi connectivity index (χ1v) is 9.11. The van der Waals surface area contributed by atoms with E-state index in [9.17, 15) is 4.79 Å². The molecule has 26 heavy (non-hydrogen) atoms. The van der Waals surface area contributed by atoms with Crippen molar-refractivity contribution in [3.63, 3.8) is 0 Å². The molecule has 0 aliphatic rings. The molecule has 3 aromatic rings. The van der Waals surface area contributed by atoms with E-state index in [-0.39, 0.29) is 11.9 Å². The summed E-state index contributed by atoms with van der Waals surface area (Å²) in [6.45, 7) is 0. The number of nitrogens with zero attached hydrogens (tertiary/aromatic N) is 2. The van der Waals surface area contributed by atoms with Gasteiger partial charge in [0, 0.05) is 29.7 Å². The lowest BCUT2D eigenvalue weighted by atomic mass is 9.99. The number of carbonyl (C=O) groups is 1. The predicted molar refractivity (Wildman–Crippen MR) is 102 cm³/mol. The number of hydrogen-bond acceptors (Lipinski definition) is 5. The van der Waals surface area contributed by atoms with Crippen molar-refractivity contribution in [1.82, 2.24) is 15.3 Å². The van der Waals surface area contributed by atoms with Crippen LogP contribution in [0.1, 0.15) is 17.2 Å². The fourth-order valence-corrected chi connectivity index (χ4v) is 3.19. The molecule has 0 bridgehead atoms. The monoisotopic (exact) mass is 365 g/mol. The third-order valence-electron chi connectivity index (χ3n) is 3.81. The van der Waals surface area contributed by atoms with Gasteiger partial charge in [-0.05, 0) is 47.5 Å². The number of ether oxygens (including phenoxy) is 1. The molecule has 0 fully saturated rings. The van der Waals surface area contributed by atoms with Crippen LogP contribution in [0.5, 0.6) is 5.75 Å². The highest BCUT2D eigenvalue weighted by Crippen LogP contribution is 2.24. The zero-order chi connectivity index (χ0) is 18.2. The van der Waals surface area contributed by atoms with Crippen LogP contribution in [0.2, 0.25) is 0 Å². The van der Waals surface area contributed by atoms with E-state index in [0.29, 0.717) is 5.75 Å². The lowest BCUT2D eigenvalue weighted by molar-refractivity contribution is -0.119. The van der Waals surface area contributed by atoms with Crippen LogP contribution in [-0.2, 0) is 4.79 Å². The minimum Gasteiger partial charge on any atom is -0.497 e. The molecule has 0 saturated carbocycles. The van der Waals surface area contributed by atoms with Gasteiger partial charge >= 0.3 is 0 Å². The largest absolute Gasteiger partial charge is 0.497 e. The summed E-state index contributed by atoms with van der Waals surface area (Å²) in [7, 11) is 1.63. The van der Waals surface area contributed by atoms with Gasteiger partial charge in [0.15, 0.2) is 0 Å². The van der Waals surface area contributed by atoms with E-state index in [2.05, 4.69) is 15.3 Å². The summed E-state index contributed by atoms with van der Waals surface area (Å²) in [6, 6.07) is 15.1. The number of rotatable bonds is 7. The van der Waals surface area contributed by atoms with Gasteiger partial charge in [0.05, 0.1) is 18.9 Å². The topological polar surface area (TPSA) is 64.1 Å². The van der Waals surface area contributed by atoms with Crippen LogP contribution in [0.15, 0.2) is 78.2 Å². The van der Waals surface area contributed by atoms with Crippen LogP contribution in [-0.4, -0.2) is 28.7 Å². The average Bonchev–Trinajstić information content (AvgIpc) is 2.72. The highest BCUT2D eigenvalue weighted by molar-refractivity contribution is 8.00. The molecule has 1 N–H and O–H groups in total. The molecule has 0 spiro atoms. The van der Waals surface area contributed by atoms with Crippen LogP contribution in [0.3, 0.4) is 0 Å². The SMILES string of the molecule is COc1ccc([C@H](NC(=O)CSc2ccncc2)c2ccncc2)cc1. The molecule has 0 saturated heterocycles. The van der Waals surface area contributed by atoms with E-state index < -0.39 is 0 Å². The van der Waals surface area contributed by atoms with E-state index in [4.69, 9.17) is 4.74 Å².